The van der Waals surface area contributed by atoms with Crippen LogP contribution in [0.25, 0.3) is 0 Å². The van der Waals surface area contributed by atoms with Gasteiger partial charge < -0.3 is 14.6 Å². The van der Waals surface area contributed by atoms with Crippen molar-refractivity contribution in [2.45, 2.75) is 23.1 Å². The molecule has 2 aromatic heterocycles. The van der Waals surface area contributed by atoms with Gasteiger partial charge in [0.25, 0.3) is 0 Å². The van der Waals surface area contributed by atoms with Crippen LogP contribution in [0.2, 0.25) is 0 Å². The van der Waals surface area contributed by atoms with E-state index in [0.29, 0.717) is 11.7 Å². The standard InChI is InChI=1S/C17H18N4O2S2/c1-12(15(22)21(2)13-7-4-3-5-8-13)24-17-20-19-16(25-17)18-11-14-9-6-10-23-14/h3-10,12H,11H2,1-2H3,(H,18,19)/t12-/m0/s1. The summed E-state index contributed by atoms with van der Waals surface area (Å²) >= 11 is 2.83. The highest BCUT2D eigenvalue weighted by molar-refractivity contribution is 8.02. The van der Waals surface area contributed by atoms with Crippen molar-refractivity contribution >= 4 is 39.8 Å². The van der Waals surface area contributed by atoms with E-state index >= 15 is 0 Å². The minimum absolute atomic E-state index is 0.0245. The Kier molecular flexibility index (Phi) is 5.72. The van der Waals surface area contributed by atoms with Crippen LogP contribution in [-0.2, 0) is 11.3 Å². The molecule has 3 aromatic rings. The number of para-hydroxylation sites is 1. The van der Waals surface area contributed by atoms with Gasteiger partial charge in [0.05, 0.1) is 18.1 Å². The number of nitrogens with one attached hydrogen (secondary N) is 1. The molecule has 3 rings (SSSR count). The van der Waals surface area contributed by atoms with Crippen LogP contribution in [0.15, 0.2) is 57.5 Å². The first kappa shape index (κ1) is 17.5. The van der Waals surface area contributed by atoms with Crippen LogP contribution in [0.5, 0.6) is 0 Å². The maximum Gasteiger partial charge on any atom is 0.240 e. The van der Waals surface area contributed by atoms with Gasteiger partial charge in [0.2, 0.25) is 11.0 Å². The topological polar surface area (TPSA) is 71.3 Å². The molecule has 1 aromatic carbocycles. The van der Waals surface area contributed by atoms with Crippen molar-refractivity contribution in [3.63, 3.8) is 0 Å². The second kappa shape index (κ2) is 8.17. The Labute approximate surface area is 154 Å². The molecule has 8 heteroatoms. The van der Waals surface area contributed by atoms with Gasteiger partial charge in [0, 0.05) is 12.7 Å². The normalized spacial score (nSPS) is 11.9. The summed E-state index contributed by atoms with van der Waals surface area (Å²) in [6, 6.07) is 13.3. The summed E-state index contributed by atoms with van der Waals surface area (Å²) in [7, 11) is 1.78. The van der Waals surface area contributed by atoms with Crippen molar-refractivity contribution in [1.82, 2.24) is 10.2 Å². The fourth-order valence-electron chi connectivity index (χ4n) is 2.16. The molecular weight excluding hydrogens is 356 g/mol. The fourth-order valence-corrected chi connectivity index (χ4v) is 4.14. The van der Waals surface area contributed by atoms with Crippen LogP contribution < -0.4 is 10.2 Å². The van der Waals surface area contributed by atoms with Crippen molar-refractivity contribution in [1.29, 1.82) is 0 Å². The van der Waals surface area contributed by atoms with E-state index in [4.69, 9.17) is 4.42 Å². The van der Waals surface area contributed by atoms with Gasteiger partial charge in [0.15, 0.2) is 4.34 Å². The highest BCUT2D eigenvalue weighted by atomic mass is 32.2. The second-order valence-electron chi connectivity index (χ2n) is 5.30. The average molecular weight is 374 g/mol. The summed E-state index contributed by atoms with van der Waals surface area (Å²) < 4.78 is 6.02. The molecule has 0 radical (unpaired) electrons. The third kappa shape index (κ3) is 4.61. The molecule has 0 spiro atoms. The number of benzene rings is 1. The van der Waals surface area contributed by atoms with Gasteiger partial charge in [-0.05, 0) is 31.2 Å². The minimum Gasteiger partial charge on any atom is -0.467 e. The predicted molar refractivity (Wildman–Crippen MR) is 101 cm³/mol. The predicted octanol–water partition coefficient (Wildman–Crippen LogP) is 3.89. The molecule has 25 heavy (non-hydrogen) atoms. The van der Waals surface area contributed by atoms with Crippen LogP contribution in [0, 0.1) is 0 Å². The Bertz CT molecular complexity index is 805. The smallest absolute Gasteiger partial charge is 0.240 e. The molecule has 0 unspecified atom stereocenters. The molecule has 1 amide bonds. The molecule has 130 valence electrons. The maximum atomic E-state index is 12.6. The molecule has 0 aliphatic carbocycles. The lowest BCUT2D eigenvalue weighted by atomic mass is 10.3. The fraction of sp³-hybridized carbons (Fsp3) is 0.235. The Morgan fingerprint density at radius 2 is 2.08 bits per heavy atom. The number of anilines is 2. The molecule has 0 fully saturated rings. The number of hydrogen-bond acceptors (Lipinski definition) is 7. The minimum atomic E-state index is -0.254. The van der Waals surface area contributed by atoms with Crippen LogP contribution in [0.1, 0.15) is 12.7 Å². The molecule has 6 nitrogen and oxygen atoms in total. The highest BCUT2D eigenvalue weighted by Crippen LogP contribution is 2.30. The van der Waals surface area contributed by atoms with Crippen molar-refractivity contribution in [2.75, 3.05) is 17.3 Å². The maximum absolute atomic E-state index is 12.6. The lowest BCUT2D eigenvalue weighted by molar-refractivity contribution is -0.117. The Balaban J connectivity index is 1.55. The van der Waals surface area contributed by atoms with E-state index in [2.05, 4.69) is 15.5 Å². The molecule has 0 bridgehead atoms. The van der Waals surface area contributed by atoms with E-state index in [0.717, 1.165) is 15.8 Å². The van der Waals surface area contributed by atoms with E-state index in [1.807, 2.05) is 49.4 Å². The number of carbonyl (C=O) groups excluding carboxylic acids is 1. The van der Waals surface area contributed by atoms with Crippen LogP contribution in [0.3, 0.4) is 0 Å². The summed E-state index contributed by atoms with van der Waals surface area (Å²) in [4.78, 5) is 14.2. The number of hydrogen-bond donors (Lipinski definition) is 1. The number of furan rings is 1. The highest BCUT2D eigenvalue weighted by Gasteiger charge is 2.21. The zero-order valence-electron chi connectivity index (χ0n) is 13.9. The van der Waals surface area contributed by atoms with Crippen LogP contribution >= 0.6 is 23.1 Å². The van der Waals surface area contributed by atoms with E-state index in [9.17, 15) is 4.79 Å². The van der Waals surface area contributed by atoms with Crippen molar-refractivity contribution in [3.05, 3.63) is 54.5 Å². The van der Waals surface area contributed by atoms with Gasteiger partial charge in [-0.3, -0.25) is 4.79 Å². The first-order valence-electron chi connectivity index (χ1n) is 7.72. The van der Waals surface area contributed by atoms with Gasteiger partial charge in [-0.25, -0.2) is 0 Å². The van der Waals surface area contributed by atoms with Crippen LogP contribution in [0.4, 0.5) is 10.8 Å². The Morgan fingerprint density at radius 1 is 1.28 bits per heavy atom. The number of rotatable bonds is 7. The summed E-state index contributed by atoms with van der Waals surface area (Å²) in [5.41, 5.74) is 0.873. The lowest BCUT2D eigenvalue weighted by Crippen LogP contribution is -2.33. The summed E-state index contributed by atoms with van der Waals surface area (Å²) in [6.45, 7) is 2.43. The lowest BCUT2D eigenvalue weighted by Gasteiger charge is -2.20. The zero-order chi connectivity index (χ0) is 17.6. The molecular formula is C17H18N4O2S2. The third-order valence-electron chi connectivity index (χ3n) is 3.50. The largest absolute Gasteiger partial charge is 0.467 e. The van der Waals surface area contributed by atoms with E-state index in [-0.39, 0.29) is 11.2 Å². The van der Waals surface area contributed by atoms with E-state index in [1.54, 1.807) is 18.2 Å². The summed E-state index contributed by atoms with van der Waals surface area (Å²) in [5.74, 6) is 0.855. The van der Waals surface area contributed by atoms with Crippen molar-refractivity contribution in [3.8, 4) is 0 Å². The zero-order valence-corrected chi connectivity index (χ0v) is 15.5. The van der Waals surface area contributed by atoms with Gasteiger partial charge in [-0.1, -0.05) is 41.3 Å². The van der Waals surface area contributed by atoms with E-state index < -0.39 is 0 Å². The molecule has 0 aliphatic rings. The molecule has 0 saturated heterocycles. The quantitative estimate of drug-likeness (QED) is 0.633. The van der Waals surface area contributed by atoms with Gasteiger partial charge >= 0.3 is 0 Å². The summed E-state index contributed by atoms with van der Waals surface area (Å²) in [6.07, 6.45) is 1.63. The van der Waals surface area contributed by atoms with Crippen molar-refractivity contribution in [2.24, 2.45) is 0 Å². The Morgan fingerprint density at radius 3 is 2.80 bits per heavy atom. The second-order valence-corrected chi connectivity index (χ2v) is 7.86. The first-order valence-corrected chi connectivity index (χ1v) is 9.42. The van der Waals surface area contributed by atoms with Gasteiger partial charge in [-0.15, -0.1) is 10.2 Å². The SMILES string of the molecule is C[C@H](Sc1nnc(NCc2ccco2)s1)C(=O)N(C)c1ccccc1. The number of carbonyl (C=O) groups is 1. The number of amides is 1. The molecule has 0 saturated carbocycles. The number of thioether (sulfide) groups is 1. The third-order valence-corrected chi connectivity index (χ3v) is 5.55. The number of nitrogens with zero attached hydrogens (tertiary/aromatic N) is 3. The van der Waals surface area contributed by atoms with Gasteiger partial charge in [0.1, 0.15) is 5.76 Å². The first-order chi connectivity index (χ1) is 12.1. The monoisotopic (exact) mass is 374 g/mol. The molecule has 1 N–H and O–H groups in total. The van der Waals surface area contributed by atoms with Gasteiger partial charge in [-0.2, -0.15) is 0 Å². The molecule has 0 aliphatic heterocycles. The molecule has 1 atom stereocenters. The summed E-state index contributed by atoms with van der Waals surface area (Å²) in [5, 5.41) is 11.9. The Hall–Kier alpha value is -2.32. The average Bonchev–Trinajstić information content (AvgIpc) is 3.31. The number of aromatic nitrogens is 2. The van der Waals surface area contributed by atoms with Crippen molar-refractivity contribution < 1.29 is 9.21 Å². The molecule has 2 heterocycles. The van der Waals surface area contributed by atoms with Crippen LogP contribution in [-0.4, -0.2) is 28.4 Å². The van der Waals surface area contributed by atoms with E-state index in [1.165, 1.54) is 23.1 Å².